The highest BCUT2D eigenvalue weighted by atomic mass is 79.9. The highest BCUT2D eigenvalue weighted by molar-refractivity contribution is 9.10. The molecule has 1 aromatic carbocycles. The van der Waals surface area contributed by atoms with E-state index in [0.717, 1.165) is 0 Å². The Balaban J connectivity index is 2.34. The van der Waals surface area contributed by atoms with Gasteiger partial charge in [0.15, 0.2) is 6.61 Å². The Morgan fingerprint density at radius 2 is 1.96 bits per heavy atom. The molecule has 0 fully saturated rings. The molecule has 0 bridgehead atoms. The molecule has 0 spiro atoms. The van der Waals surface area contributed by atoms with Crippen LogP contribution in [0.5, 0.6) is 5.75 Å². The second-order valence-corrected chi connectivity index (χ2v) is 5.31. The summed E-state index contributed by atoms with van der Waals surface area (Å²) in [6.07, 6.45) is 0.675. The SMILES string of the molecule is COC(=O)CCCNC(=O)COC(=O)c1ccc(OC)c(Br)c1. The van der Waals surface area contributed by atoms with Crippen molar-refractivity contribution >= 4 is 33.8 Å². The average molecular weight is 388 g/mol. The largest absolute Gasteiger partial charge is 0.496 e. The molecule has 0 aliphatic heterocycles. The zero-order chi connectivity index (χ0) is 17.2. The van der Waals surface area contributed by atoms with E-state index < -0.39 is 11.9 Å². The predicted molar refractivity (Wildman–Crippen MR) is 85.2 cm³/mol. The third-order valence-electron chi connectivity index (χ3n) is 2.83. The van der Waals surface area contributed by atoms with Crippen molar-refractivity contribution in [2.45, 2.75) is 12.8 Å². The highest BCUT2D eigenvalue weighted by Crippen LogP contribution is 2.25. The number of carbonyl (C=O) groups excluding carboxylic acids is 3. The minimum atomic E-state index is -0.613. The summed E-state index contributed by atoms with van der Waals surface area (Å²) in [5, 5.41) is 2.55. The Bertz CT molecular complexity index is 575. The number of rotatable bonds is 8. The molecule has 0 saturated carbocycles. The first kappa shape index (κ1) is 19.0. The first-order valence-corrected chi connectivity index (χ1v) is 7.61. The number of nitrogens with one attached hydrogen (secondary N) is 1. The van der Waals surface area contributed by atoms with Crippen LogP contribution in [-0.4, -0.2) is 45.2 Å². The van der Waals surface area contributed by atoms with Gasteiger partial charge in [-0.1, -0.05) is 0 Å². The van der Waals surface area contributed by atoms with Crippen LogP contribution in [0, 0.1) is 0 Å². The molecule has 0 heterocycles. The van der Waals surface area contributed by atoms with Crippen LogP contribution in [0.1, 0.15) is 23.2 Å². The smallest absolute Gasteiger partial charge is 0.338 e. The van der Waals surface area contributed by atoms with E-state index in [9.17, 15) is 14.4 Å². The molecule has 0 unspecified atom stereocenters. The number of carbonyl (C=O) groups is 3. The molecule has 0 saturated heterocycles. The number of methoxy groups -OCH3 is 2. The lowest BCUT2D eigenvalue weighted by Gasteiger charge is -2.08. The Kier molecular flexibility index (Phi) is 8.10. The average Bonchev–Trinajstić information content (AvgIpc) is 2.56. The van der Waals surface area contributed by atoms with E-state index >= 15 is 0 Å². The Labute approximate surface area is 142 Å². The third-order valence-corrected chi connectivity index (χ3v) is 3.45. The molecule has 1 N–H and O–H groups in total. The van der Waals surface area contributed by atoms with Crippen LogP contribution in [0.25, 0.3) is 0 Å². The molecule has 1 amide bonds. The number of hydrogen-bond acceptors (Lipinski definition) is 6. The molecule has 8 heteroatoms. The van der Waals surface area contributed by atoms with Crippen LogP contribution < -0.4 is 10.1 Å². The third kappa shape index (κ3) is 6.68. The number of amides is 1. The molecule has 0 radical (unpaired) electrons. The lowest BCUT2D eigenvalue weighted by Crippen LogP contribution is -2.29. The Morgan fingerprint density at radius 1 is 1.22 bits per heavy atom. The lowest BCUT2D eigenvalue weighted by molar-refractivity contribution is -0.140. The van der Waals surface area contributed by atoms with E-state index in [2.05, 4.69) is 26.0 Å². The van der Waals surface area contributed by atoms with Gasteiger partial charge in [0.05, 0.1) is 24.3 Å². The van der Waals surface area contributed by atoms with Crippen molar-refractivity contribution in [2.75, 3.05) is 27.4 Å². The van der Waals surface area contributed by atoms with Gasteiger partial charge in [-0.2, -0.15) is 0 Å². The summed E-state index contributed by atoms with van der Waals surface area (Å²) in [7, 11) is 2.82. The predicted octanol–water partition coefficient (Wildman–Crippen LogP) is 1.68. The number of halogens is 1. The van der Waals surface area contributed by atoms with E-state index in [-0.39, 0.29) is 19.0 Å². The molecule has 126 valence electrons. The van der Waals surface area contributed by atoms with Crippen molar-refractivity contribution in [3.8, 4) is 5.75 Å². The van der Waals surface area contributed by atoms with Crippen molar-refractivity contribution in [1.29, 1.82) is 0 Å². The van der Waals surface area contributed by atoms with Gasteiger partial charge in [-0.15, -0.1) is 0 Å². The van der Waals surface area contributed by atoms with Crippen LogP contribution >= 0.6 is 15.9 Å². The molecule has 0 aromatic heterocycles. The molecular formula is C15H18BrNO6. The number of hydrogen-bond donors (Lipinski definition) is 1. The van der Waals surface area contributed by atoms with Gasteiger partial charge in [0.2, 0.25) is 0 Å². The van der Waals surface area contributed by atoms with Crippen molar-refractivity contribution in [3.05, 3.63) is 28.2 Å². The topological polar surface area (TPSA) is 90.9 Å². The van der Waals surface area contributed by atoms with Gasteiger partial charge in [-0.25, -0.2) is 4.79 Å². The van der Waals surface area contributed by atoms with Gasteiger partial charge in [0.1, 0.15) is 5.75 Å². The maximum atomic E-state index is 11.8. The van der Waals surface area contributed by atoms with Crippen LogP contribution in [0.3, 0.4) is 0 Å². The van der Waals surface area contributed by atoms with E-state index in [1.165, 1.54) is 14.2 Å². The molecule has 23 heavy (non-hydrogen) atoms. The second kappa shape index (κ2) is 9.83. The summed E-state index contributed by atoms with van der Waals surface area (Å²) in [4.78, 5) is 34.2. The maximum Gasteiger partial charge on any atom is 0.338 e. The Morgan fingerprint density at radius 3 is 2.57 bits per heavy atom. The van der Waals surface area contributed by atoms with Gasteiger partial charge >= 0.3 is 11.9 Å². The molecule has 1 rings (SSSR count). The number of benzene rings is 1. The zero-order valence-electron chi connectivity index (χ0n) is 12.9. The number of ether oxygens (including phenoxy) is 3. The second-order valence-electron chi connectivity index (χ2n) is 4.46. The van der Waals surface area contributed by atoms with Crippen molar-refractivity contribution < 1.29 is 28.6 Å². The monoisotopic (exact) mass is 387 g/mol. The fourth-order valence-electron chi connectivity index (χ4n) is 1.62. The normalized spacial score (nSPS) is 9.87. The van der Waals surface area contributed by atoms with Gasteiger partial charge in [-0.05, 0) is 40.5 Å². The minimum Gasteiger partial charge on any atom is -0.496 e. The maximum absolute atomic E-state index is 11.8. The van der Waals surface area contributed by atoms with E-state index in [1.807, 2.05) is 0 Å². The summed E-state index contributed by atoms with van der Waals surface area (Å²) in [6, 6.07) is 4.71. The van der Waals surface area contributed by atoms with Gasteiger partial charge in [0.25, 0.3) is 5.91 Å². The molecule has 1 aromatic rings. The molecular weight excluding hydrogens is 370 g/mol. The van der Waals surface area contributed by atoms with Gasteiger partial charge < -0.3 is 19.5 Å². The van der Waals surface area contributed by atoms with Gasteiger partial charge in [0, 0.05) is 13.0 Å². The van der Waals surface area contributed by atoms with Crippen LogP contribution in [-0.2, 0) is 19.1 Å². The van der Waals surface area contributed by atoms with Crippen LogP contribution in [0.2, 0.25) is 0 Å². The zero-order valence-corrected chi connectivity index (χ0v) is 14.5. The van der Waals surface area contributed by atoms with Crippen molar-refractivity contribution in [2.24, 2.45) is 0 Å². The molecule has 0 atom stereocenters. The van der Waals surface area contributed by atoms with E-state index in [0.29, 0.717) is 28.8 Å². The molecule has 0 aliphatic carbocycles. The molecule has 7 nitrogen and oxygen atoms in total. The Hall–Kier alpha value is -2.09. The summed E-state index contributed by atoms with van der Waals surface area (Å²) in [6.45, 7) is -0.0831. The van der Waals surface area contributed by atoms with Crippen LogP contribution in [0.15, 0.2) is 22.7 Å². The first-order chi connectivity index (χ1) is 11.0. The first-order valence-electron chi connectivity index (χ1n) is 6.82. The van der Waals surface area contributed by atoms with Crippen LogP contribution in [0.4, 0.5) is 0 Å². The highest BCUT2D eigenvalue weighted by Gasteiger charge is 2.12. The summed E-state index contributed by atoms with van der Waals surface area (Å²) in [5.41, 5.74) is 0.302. The minimum absolute atomic E-state index is 0.219. The number of esters is 2. The molecule has 0 aliphatic rings. The van der Waals surface area contributed by atoms with E-state index in [4.69, 9.17) is 9.47 Å². The standard InChI is InChI=1S/C15H18BrNO6/c1-21-12-6-5-10(8-11(12)16)15(20)23-9-13(18)17-7-3-4-14(19)22-2/h5-6,8H,3-4,7,9H2,1-2H3,(H,17,18). The summed E-state index contributed by atoms with van der Waals surface area (Å²) in [5.74, 6) is -0.797. The lowest BCUT2D eigenvalue weighted by atomic mass is 10.2. The summed E-state index contributed by atoms with van der Waals surface area (Å²) >= 11 is 3.27. The van der Waals surface area contributed by atoms with Gasteiger partial charge in [-0.3, -0.25) is 9.59 Å². The quantitative estimate of drug-likeness (QED) is 0.538. The fourth-order valence-corrected chi connectivity index (χ4v) is 2.16. The fraction of sp³-hybridized carbons (Fsp3) is 0.400. The van der Waals surface area contributed by atoms with Crippen molar-refractivity contribution in [3.63, 3.8) is 0 Å². The summed E-state index contributed by atoms with van der Waals surface area (Å²) < 4.78 is 15.1. The van der Waals surface area contributed by atoms with Crippen molar-refractivity contribution in [1.82, 2.24) is 5.32 Å². The van der Waals surface area contributed by atoms with E-state index in [1.54, 1.807) is 18.2 Å².